The van der Waals surface area contributed by atoms with Crippen LogP contribution >= 0.6 is 0 Å². The van der Waals surface area contributed by atoms with Gasteiger partial charge in [0.1, 0.15) is 18.1 Å². The monoisotopic (exact) mass is 507 g/mol. The molecule has 1 N–H and O–H groups in total. The normalized spacial score (nSPS) is 10.3. The Labute approximate surface area is 220 Å². The summed E-state index contributed by atoms with van der Waals surface area (Å²) in [6, 6.07) is 15.4. The SMILES string of the molecule is CCCC.CCCC.Cc1oc(-c2ccccc2)nc1CCCOc1cccc2nn(CC(=O)O)cc12. The third-order valence-corrected chi connectivity index (χ3v) is 5.58. The highest BCUT2D eigenvalue weighted by molar-refractivity contribution is 5.85. The van der Waals surface area contributed by atoms with Crippen LogP contribution in [0.1, 0.15) is 71.3 Å². The van der Waals surface area contributed by atoms with Crippen LogP contribution in [0.5, 0.6) is 5.75 Å². The Balaban J connectivity index is 0.000000530. The van der Waals surface area contributed by atoms with E-state index in [1.54, 1.807) is 6.20 Å². The van der Waals surface area contributed by atoms with E-state index >= 15 is 0 Å². The Morgan fingerprint density at radius 3 is 2.27 bits per heavy atom. The Morgan fingerprint density at radius 1 is 0.973 bits per heavy atom. The molecule has 0 aliphatic carbocycles. The molecule has 2 heterocycles. The molecule has 0 radical (unpaired) electrons. The van der Waals surface area contributed by atoms with Crippen LogP contribution in [0.2, 0.25) is 0 Å². The molecule has 2 aromatic carbocycles. The van der Waals surface area contributed by atoms with E-state index in [9.17, 15) is 4.79 Å². The lowest BCUT2D eigenvalue weighted by atomic mass is 10.2. The number of carboxylic acids is 1. The summed E-state index contributed by atoms with van der Waals surface area (Å²) in [5, 5.41) is 14.0. The molecule has 0 spiro atoms. The van der Waals surface area contributed by atoms with Crippen molar-refractivity contribution in [1.82, 2.24) is 14.8 Å². The number of hydrogen-bond donors (Lipinski definition) is 1. The quantitative estimate of drug-likeness (QED) is 0.221. The highest BCUT2D eigenvalue weighted by Crippen LogP contribution is 2.25. The lowest BCUT2D eigenvalue weighted by Crippen LogP contribution is -2.08. The summed E-state index contributed by atoms with van der Waals surface area (Å²) >= 11 is 0. The maximum Gasteiger partial charge on any atom is 0.325 e. The molecule has 0 atom stereocenters. The summed E-state index contributed by atoms with van der Waals surface area (Å²) in [5.74, 6) is 1.22. The number of ether oxygens (including phenoxy) is 1. The molecule has 7 heteroatoms. The molecule has 0 aliphatic heterocycles. The number of fused-ring (bicyclic) bond motifs is 1. The lowest BCUT2D eigenvalue weighted by molar-refractivity contribution is -0.137. The van der Waals surface area contributed by atoms with Crippen LogP contribution in [0.3, 0.4) is 0 Å². The topological polar surface area (TPSA) is 90.4 Å². The Kier molecular flexibility index (Phi) is 13.0. The van der Waals surface area contributed by atoms with Gasteiger partial charge in [0.15, 0.2) is 0 Å². The van der Waals surface area contributed by atoms with Crippen LogP contribution in [0.15, 0.2) is 59.1 Å². The van der Waals surface area contributed by atoms with Gasteiger partial charge in [-0.25, -0.2) is 4.98 Å². The van der Waals surface area contributed by atoms with Crippen molar-refractivity contribution in [3.63, 3.8) is 0 Å². The van der Waals surface area contributed by atoms with E-state index in [1.165, 1.54) is 30.4 Å². The van der Waals surface area contributed by atoms with Crippen molar-refractivity contribution in [1.29, 1.82) is 0 Å². The summed E-state index contributed by atoms with van der Waals surface area (Å²) in [6.07, 6.45) is 8.50. The molecule has 0 bridgehead atoms. The van der Waals surface area contributed by atoms with Crippen molar-refractivity contribution in [3.8, 4) is 17.2 Å². The molecule has 0 saturated carbocycles. The van der Waals surface area contributed by atoms with Gasteiger partial charge in [-0.2, -0.15) is 5.10 Å². The van der Waals surface area contributed by atoms with Gasteiger partial charge in [-0.1, -0.05) is 77.6 Å². The zero-order valence-electron chi connectivity index (χ0n) is 22.9. The summed E-state index contributed by atoms with van der Waals surface area (Å²) in [6.45, 7) is 11.0. The predicted molar refractivity (Wildman–Crippen MR) is 149 cm³/mol. The standard InChI is InChI=1S/C22H21N3O4.2C4H10/c1-15-18(23-22(29-15)16-7-3-2-4-8-16)10-6-12-28-20-11-5-9-19-17(20)13-25(24-19)14-21(26)27;2*1-3-4-2/h2-5,7-9,11,13H,6,10,12,14H2,1H3,(H,26,27);2*3-4H2,1-2H3. The van der Waals surface area contributed by atoms with Crippen LogP contribution < -0.4 is 4.74 Å². The molecule has 0 saturated heterocycles. The summed E-state index contributed by atoms with van der Waals surface area (Å²) in [7, 11) is 0. The molecule has 0 amide bonds. The van der Waals surface area contributed by atoms with Crippen LogP contribution in [-0.4, -0.2) is 32.4 Å². The molecule has 4 rings (SSSR count). The number of aromatic nitrogens is 3. The zero-order chi connectivity index (χ0) is 27.0. The molecule has 0 aliphatic rings. The number of carbonyl (C=O) groups is 1. The average Bonchev–Trinajstić information content (AvgIpc) is 3.50. The van der Waals surface area contributed by atoms with Crippen molar-refractivity contribution in [2.75, 3.05) is 6.61 Å². The van der Waals surface area contributed by atoms with Gasteiger partial charge in [-0.3, -0.25) is 9.48 Å². The summed E-state index contributed by atoms with van der Waals surface area (Å²) in [5.41, 5.74) is 2.60. The number of rotatable bonds is 10. The smallest absolute Gasteiger partial charge is 0.325 e. The second-order valence-electron chi connectivity index (χ2n) is 8.75. The number of nitrogens with zero attached hydrogens (tertiary/aromatic N) is 3. The predicted octanol–water partition coefficient (Wildman–Crippen LogP) is 7.71. The van der Waals surface area contributed by atoms with Gasteiger partial charge < -0.3 is 14.3 Å². The highest BCUT2D eigenvalue weighted by atomic mass is 16.5. The molecule has 0 unspecified atom stereocenters. The molecule has 37 heavy (non-hydrogen) atoms. The number of unbranched alkanes of at least 4 members (excludes halogenated alkanes) is 2. The molecule has 7 nitrogen and oxygen atoms in total. The van der Waals surface area contributed by atoms with Gasteiger partial charge in [-0.15, -0.1) is 0 Å². The van der Waals surface area contributed by atoms with Crippen molar-refractivity contribution in [3.05, 3.63) is 66.2 Å². The highest BCUT2D eigenvalue weighted by Gasteiger charge is 2.12. The van der Waals surface area contributed by atoms with E-state index < -0.39 is 5.97 Å². The van der Waals surface area contributed by atoms with Crippen LogP contribution in [0.25, 0.3) is 22.4 Å². The Morgan fingerprint density at radius 2 is 1.65 bits per heavy atom. The number of oxazole rings is 1. The van der Waals surface area contributed by atoms with Crippen LogP contribution in [0.4, 0.5) is 0 Å². The molecule has 4 aromatic rings. The third kappa shape index (κ3) is 9.75. The van der Waals surface area contributed by atoms with E-state index in [2.05, 4.69) is 37.8 Å². The van der Waals surface area contributed by atoms with Crippen LogP contribution in [-0.2, 0) is 17.8 Å². The second-order valence-corrected chi connectivity index (χ2v) is 8.75. The first-order chi connectivity index (χ1) is 17.9. The number of aryl methyl sites for hydroxylation is 2. The van der Waals surface area contributed by atoms with E-state index in [-0.39, 0.29) is 6.54 Å². The van der Waals surface area contributed by atoms with Gasteiger partial charge in [0.25, 0.3) is 0 Å². The largest absolute Gasteiger partial charge is 0.493 e. The van der Waals surface area contributed by atoms with Gasteiger partial charge in [-0.05, 0) is 44.0 Å². The number of hydrogen-bond acceptors (Lipinski definition) is 5. The summed E-state index contributed by atoms with van der Waals surface area (Å²) < 4.78 is 13.1. The lowest BCUT2D eigenvalue weighted by Gasteiger charge is -2.06. The minimum atomic E-state index is -0.932. The Hall–Kier alpha value is -3.61. The van der Waals surface area contributed by atoms with Gasteiger partial charge in [0, 0.05) is 11.8 Å². The van der Waals surface area contributed by atoms with E-state index in [0.717, 1.165) is 35.2 Å². The maximum atomic E-state index is 10.9. The second kappa shape index (κ2) is 16.2. The van der Waals surface area contributed by atoms with Crippen molar-refractivity contribution < 1.29 is 19.1 Å². The van der Waals surface area contributed by atoms with Crippen LogP contribution in [0, 0.1) is 6.92 Å². The molecule has 0 fully saturated rings. The fraction of sp³-hybridized carbons (Fsp3) is 0.433. The van der Waals surface area contributed by atoms with Crippen molar-refractivity contribution >= 4 is 16.9 Å². The van der Waals surface area contributed by atoms with Crippen molar-refractivity contribution in [2.24, 2.45) is 0 Å². The maximum absolute atomic E-state index is 10.9. The van der Waals surface area contributed by atoms with Crippen molar-refractivity contribution in [2.45, 2.75) is 79.7 Å². The van der Waals surface area contributed by atoms with E-state index in [4.69, 9.17) is 14.3 Å². The first-order valence-electron chi connectivity index (χ1n) is 13.3. The molecule has 200 valence electrons. The number of benzene rings is 2. The first-order valence-corrected chi connectivity index (χ1v) is 13.3. The average molecular weight is 508 g/mol. The van der Waals surface area contributed by atoms with Gasteiger partial charge in [0.05, 0.1) is 23.2 Å². The zero-order valence-corrected chi connectivity index (χ0v) is 22.9. The molecular formula is C30H41N3O4. The van der Waals surface area contributed by atoms with E-state index in [0.29, 0.717) is 23.8 Å². The third-order valence-electron chi connectivity index (χ3n) is 5.58. The molecular weight excluding hydrogens is 466 g/mol. The fourth-order valence-electron chi connectivity index (χ4n) is 3.20. The minimum Gasteiger partial charge on any atom is -0.493 e. The van der Waals surface area contributed by atoms with Gasteiger partial charge >= 0.3 is 5.97 Å². The number of carboxylic acid groups (broad SMARTS) is 1. The summed E-state index contributed by atoms with van der Waals surface area (Å²) in [4.78, 5) is 15.5. The minimum absolute atomic E-state index is 0.177. The van der Waals surface area contributed by atoms with E-state index in [1.807, 2.05) is 55.5 Å². The van der Waals surface area contributed by atoms with Gasteiger partial charge in [0.2, 0.25) is 5.89 Å². The first kappa shape index (κ1) is 29.6. The fourth-order valence-corrected chi connectivity index (χ4v) is 3.20. The molecule has 2 aromatic heterocycles. The Bertz CT molecular complexity index is 1190. The number of aliphatic carboxylic acids is 1.